The lowest BCUT2D eigenvalue weighted by molar-refractivity contribution is -0.120. The molecule has 1 aromatic carbocycles. The fourth-order valence-electron chi connectivity index (χ4n) is 3.10. The van der Waals surface area contributed by atoms with Crippen LogP contribution in [0, 0.1) is 0 Å². The normalized spacial score (nSPS) is 17.3. The molecule has 0 saturated carbocycles. The molecule has 1 atom stereocenters. The number of hydrogen-bond acceptors (Lipinski definition) is 6. The minimum absolute atomic E-state index is 0.191. The molecule has 1 aromatic heterocycles. The third-order valence-electron chi connectivity index (χ3n) is 4.76. The molecule has 1 amide bonds. The maximum atomic E-state index is 12.5. The molecule has 0 aliphatic carbocycles. The summed E-state index contributed by atoms with van der Waals surface area (Å²) in [5.41, 5.74) is 1.01. The van der Waals surface area contributed by atoms with Crippen molar-refractivity contribution in [2.24, 2.45) is 0 Å². The molecule has 1 saturated heterocycles. The van der Waals surface area contributed by atoms with Crippen molar-refractivity contribution in [2.45, 2.75) is 10.3 Å². The van der Waals surface area contributed by atoms with Crippen LogP contribution in [-0.4, -0.2) is 70.4 Å². The number of piperazine rings is 1. The zero-order valence-corrected chi connectivity index (χ0v) is 17.5. The molecule has 1 unspecified atom stereocenters. The molecule has 0 spiro atoms. The van der Waals surface area contributed by atoms with Gasteiger partial charge in [-0.15, -0.1) is 11.3 Å². The van der Waals surface area contributed by atoms with Crippen LogP contribution in [0.2, 0.25) is 0 Å². The zero-order valence-electron chi connectivity index (χ0n) is 15.9. The second-order valence-electron chi connectivity index (χ2n) is 6.89. The van der Waals surface area contributed by atoms with Gasteiger partial charge < -0.3 is 10.2 Å². The Bertz CT molecular complexity index is 849. The predicted octanol–water partition coefficient (Wildman–Crippen LogP) is 1.13. The summed E-state index contributed by atoms with van der Waals surface area (Å²) in [6.45, 7) is 4.29. The van der Waals surface area contributed by atoms with E-state index >= 15 is 0 Å². The van der Waals surface area contributed by atoms with Crippen LogP contribution in [0.25, 0.3) is 0 Å². The first kappa shape index (κ1) is 20.9. The number of amides is 1. The zero-order chi connectivity index (χ0) is 20.0. The number of sulfonamides is 1. The largest absolute Gasteiger partial charge is 0.347 e. The SMILES string of the molecule is CN1CCN(CC(NC(=O)CNS(=O)(=O)c2cccs2)c2ccccc2)CC1. The lowest BCUT2D eigenvalue weighted by Gasteiger charge is -2.35. The number of carbonyl (C=O) groups excluding carboxylic acids is 1. The van der Waals surface area contributed by atoms with Gasteiger partial charge in [0, 0.05) is 32.7 Å². The van der Waals surface area contributed by atoms with Crippen LogP contribution in [0.5, 0.6) is 0 Å². The van der Waals surface area contributed by atoms with Crippen molar-refractivity contribution < 1.29 is 13.2 Å². The molecule has 2 heterocycles. The minimum Gasteiger partial charge on any atom is -0.347 e. The summed E-state index contributed by atoms with van der Waals surface area (Å²) in [6, 6.07) is 12.8. The average Bonchev–Trinajstić information content (AvgIpc) is 3.24. The molecule has 152 valence electrons. The first-order valence-electron chi connectivity index (χ1n) is 9.22. The Morgan fingerprint density at radius 2 is 1.82 bits per heavy atom. The average molecular weight is 423 g/mol. The Kier molecular flexibility index (Phi) is 7.19. The third-order valence-corrected chi connectivity index (χ3v) is 7.56. The van der Waals surface area contributed by atoms with Gasteiger partial charge in [0.15, 0.2) is 0 Å². The maximum Gasteiger partial charge on any atom is 0.250 e. The molecule has 7 nitrogen and oxygen atoms in total. The Labute approximate surface area is 170 Å². The van der Waals surface area contributed by atoms with Crippen LogP contribution < -0.4 is 10.0 Å². The topological polar surface area (TPSA) is 81.8 Å². The molecule has 1 aliphatic rings. The summed E-state index contributed by atoms with van der Waals surface area (Å²) < 4.78 is 27.0. The van der Waals surface area contributed by atoms with Gasteiger partial charge in [0.25, 0.3) is 10.0 Å². The van der Waals surface area contributed by atoms with Gasteiger partial charge in [-0.25, -0.2) is 13.1 Å². The quantitative estimate of drug-likeness (QED) is 0.667. The van der Waals surface area contributed by atoms with E-state index in [0.717, 1.165) is 43.1 Å². The van der Waals surface area contributed by atoms with E-state index in [2.05, 4.69) is 26.9 Å². The summed E-state index contributed by atoms with van der Waals surface area (Å²) in [5.74, 6) is -0.344. The summed E-state index contributed by atoms with van der Waals surface area (Å²) >= 11 is 1.12. The number of carbonyl (C=O) groups is 1. The molecule has 28 heavy (non-hydrogen) atoms. The van der Waals surface area contributed by atoms with Gasteiger partial charge in [-0.1, -0.05) is 36.4 Å². The lowest BCUT2D eigenvalue weighted by atomic mass is 10.1. The molecular formula is C19H26N4O3S2. The van der Waals surface area contributed by atoms with E-state index < -0.39 is 10.0 Å². The molecule has 0 bridgehead atoms. The Hall–Kier alpha value is -1.78. The van der Waals surface area contributed by atoms with Gasteiger partial charge in [-0.3, -0.25) is 9.69 Å². The Morgan fingerprint density at radius 1 is 1.11 bits per heavy atom. The van der Waals surface area contributed by atoms with Crippen molar-refractivity contribution in [3.05, 3.63) is 53.4 Å². The fraction of sp³-hybridized carbons (Fsp3) is 0.421. The van der Waals surface area contributed by atoms with Crippen LogP contribution in [0.15, 0.2) is 52.1 Å². The van der Waals surface area contributed by atoms with Gasteiger partial charge in [0.1, 0.15) is 4.21 Å². The third kappa shape index (κ3) is 5.86. The highest BCUT2D eigenvalue weighted by atomic mass is 32.2. The van der Waals surface area contributed by atoms with Gasteiger partial charge in [-0.05, 0) is 24.1 Å². The van der Waals surface area contributed by atoms with Crippen molar-refractivity contribution in [1.82, 2.24) is 19.8 Å². The fourth-order valence-corrected chi connectivity index (χ4v) is 5.12. The number of benzene rings is 1. The second-order valence-corrected chi connectivity index (χ2v) is 9.83. The molecular weight excluding hydrogens is 396 g/mol. The summed E-state index contributed by atoms with van der Waals surface area (Å²) in [6.07, 6.45) is 0. The second kappa shape index (κ2) is 9.62. The monoisotopic (exact) mass is 422 g/mol. The van der Waals surface area contributed by atoms with Gasteiger partial charge in [0.05, 0.1) is 12.6 Å². The number of rotatable bonds is 8. The molecule has 2 aromatic rings. The van der Waals surface area contributed by atoms with E-state index in [0.29, 0.717) is 6.54 Å². The van der Waals surface area contributed by atoms with Gasteiger partial charge >= 0.3 is 0 Å². The van der Waals surface area contributed by atoms with Crippen LogP contribution in [0.3, 0.4) is 0 Å². The molecule has 9 heteroatoms. The lowest BCUT2D eigenvalue weighted by Crippen LogP contribution is -2.48. The molecule has 0 radical (unpaired) electrons. The summed E-state index contributed by atoms with van der Waals surface area (Å²) in [7, 11) is -1.55. The maximum absolute atomic E-state index is 12.5. The van der Waals surface area contributed by atoms with Gasteiger partial charge in [-0.2, -0.15) is 0 Å². The van der Waals surface area contributed by atoms with E-state index in [1.165, 1.54) is 6.07 Å². The molecule has 3 rings (SSSR count). The number of nitrogens with one attached hydrogen (secondary N) is 2. The van der Waals surface area contributed by atoms with Crippen molar-refractivity contribution in [1.29, 1.82) is 0 Å². The first-order valence-corrected chi connectivity index (χ1v) is 11.6. The molecule has 1 fully saturated rings. The van der Waals surface area contributed by atoms with Crippen molar-refractivity contribution in [2.75, 3.05) is 46.3 Å². The number of thiophene rings is 1. The highest BCUT2D eigenvalue weighted by molar-refractivity contribution is 7.91. The predicted molar refractivity (Wildman–Crippen MR) is 111 cm³/mol. The summed E-state index contributed by atoms with van der Waals surface area (Å²) in [5, 5.41) is 4.68. The molecule has 2 N–H and O–H groups in total. The number of nitrogens with zero attached hydrogens (tertiary/aromatic N) is 2. The van der Waals surface area contributed by atoms with Crippen LogP contribution in [-0.2, 0) is 14.8 Å². The Morgan fingerprint density at radius 3 is 2.46 bits per heavy atom. The van der Waals surface area contributed by atoms with E-state index in [9.17, 15) is 13.2 Å². The number of likely N-dealkylation sites (N-methyl/N-ethyl adjacent to an activating group) is 1. The minimum atomic E-state index is -3.65. The smallest absolute Gasteiger partial charge is 0.250 e. The summed E-state index contributed by atoms with van der Waals surface area (Å²) in [4.78, 5) is 17.1. The van der Waals surface area contributed by atoms with E-state index in [1.807, 2.05) is 30.3 Å². The Balaban J connectivity index is 1.61. The van der Waals surface area contributed by atoms with Crippen LogP contribution in [0.4, 0.5) is 0 Å². The molecule has 1 aliphatic heterocycles. The first-order chi connectivity index (χ1) is 13.4. The van der Waals surface area contributed by atoms with Crippen molar-refractivity contribution >= 4 is 27.3 Å². The highest BCUT2D eigenvalue weighted by Gasteiger charge is 2.22. The standard InChI is InChI=1S/C19H26N4O3S2/c1-22-9-11-23(12-10-22)15-17(16-6-3-2-4-7-16)21-18(24)14-20-28(25,26)19-8-5-13-27-19/h2-8,13,17,20H,9-12,14-15H2,1H3,(H,21,24). The van der Waals surface area contributed by atoms with Gasteiger partial charge in [0.2, 0.25) is 5.91 Å². The van der Waals surface area contributed by atoms with Crippen LogP contribution in [0.1, 0.15) is 11.6 Å². The van der Waals surface area contributed by atoms with E-state index in [-0.39, 0.29) is 22.7 Å². The van der Waals surface area contributed by atoms with Crippen LogP contribution >= 0.6 is 11.3 Å². The van der Waals surface area contributed by atoms with E-state index in [1.54, 1.807) is 11.4 Å². The van der Waals surface area contributed by atoms with Crippen molar-refractivity contribution in [3.8, 4) is 0 Å². The highest BCUT2D eigenvalue weighted by Crippen LogP contribution is 2.16. The number of hydrogen-bond donors (Lipinski definition) is 2. The van der Waals surface area contributed by atoms with E-state index in [4.69, 9.17) is 0 Å². The van der Waals surface area contributed by atoms with Crippen molar-refractivity contribution in [3.63, 3.8) is 0 Å².